The SMILES string of the molecule is CC(=O)C1C=c2c(ccc3c2=CCc2cc(F)ccc2-3)CC1. The van der Waals surface area contributed by atoms with Crippen molar-refractivity contribution in [1.82, 2.24) is 0 Å². The van der Waals surface area contributed by atoms with Crippen LogP contribution in [0.1, 0.15) is 24.5 Å². The third kappa shape index (κ3) is 2.02. The van der Waals surface area contributed by atoms with Crippen molar-refractivity contribution in [2.45, 2.75) is 26.2 Å². The standard InChI is InChI=1S/C20H17FO/c1-12(22)14-3-2-13-4-7-18-17-9-6-16(21)10-15(17)5-8-19(18)20(13)11-14/h4,6-11,14H,2-3,5H2,1H3. The Morgan fingerprint density at radius 2 is 1.91 bits per heavy atom. The molecule has 110 valence electrons. The van der Waals surface area contributed by atoms with Gasteiger partial charge in [0.05, 0.1) is 0 Å². The predicted molar refractivity (Wildman–Crippen MR) is 86.2 cm³/mol. The molecule has 1 atom stereocenters. The van der Waals surface area contributed by atoms with Crippen LogP contribution in [0.25, 0.3) is 23.3 Å². The summed E-state index contributed by atoms with van der Waals surface area (Å²) in [5, 5.41) is 2.42. The molecule has 4 rings (SSSR count). The van der Waals surface area contributed by atoms with Gasteiger partial charge in [-0.05, 0) is 71.0 Å². The minimum Gasteiger partial charge on any atom is -0.299 e. The van der Waals surface area contributed by atoms with Gasteiger partial charge in [0.25, 0.3) is 0 Å². The van der Waals surface area contributed by atoms with Crippen LogP contribution in [0.15, 0.2) is 30.3 Å². The van der Waals surface area contributed by atoms with E-state index in [-0.39, 0.29) is 17.5 Å². The van der Waals surface area contributed by atoms with E-state index in [2.05, 4.69) is 24.3 Å². The molecule has 22 heavy (non-hydrogen) atoms. The van der Waals surface area contributed by atoms with Gasteiger partial charge in [-0.1, -0.05) is 30.4 Å². The lowest BCUT2D eigenvalue weighted by atomic mass is 9.83. The Bertz CT molecular complexity index is 908. The molecule has 2 aromatic rings. The molecule has 2 aliphatic rings. The van der Waals surface area contributed by atoms with Crippen molar-refractivity contribution in [3.8, 4) is 11.1 Å². The molecular weight excluding hydrogens is 275 g/mol. The first kappa shape index (κ1) is 13.4. The normalized spacial score (nSPS) is 18.4. The van der Waals surface area contributed by atoms with Crippen LogP contribution in [-0.4, -0.2) is 5.78 Å². The Kier molecular flexibility index (Phi) is 3.00. The predicted octanol–water partition coefficient (Wildman–Crippen LogP) is 2.76. The Hall–Kier alpha value is -2.22. The number of fused-ring (bicyclic) bond motifs is 5. The maximum absolute atomic E-state index is 13.4. The summed E-state index contributed by atoms with van der Waals surface area (Å²) >= 11 is 0. The maximum atomic E-state index is 13.4. The Morgan fingerprint density at radius 3 is 2.73 bits per heavy atom. The van der Waals surface area contributed by atoms with E-state index in [0.717, 1.165) is 36.0 Å². The number of rotatable bonds is 1. The monoisotopic (exact) mass is 292 g/mol. The topological polar surface area (TPSA) is 17.1 Å². The van der Waals surface area contributed by atoms with Gasteiger partial charge in [-0.25, -0.2) is 4.39 Å². The third-order valence-electron chi connectivity index (χ3n) is 4.88. The van der Waals surface area contributed by atoms with Crippen molar-refractivity contribution in [2.75, 3.05) is 0 Å². The highest BCUT2D eigenvalue weighted by Crippen LogP contribution is 2.26. The van der Waals surface area contributed by atoms with Crippen molar-refractivity contribution in [3.05, 3.63) is 57.7 Å². The number of ketones is 1. The van der Waals surface area contributed by atoms with Gasteiger partial charge in [-0.15, -0.1) is 0 Å². The molecule has 2 heteroatoms. The Balaban J connectivity index is 1.98. The Labute approximate surface area is 128 Å². The number of hydrogen-bond acceptors (Lipinski definition) is 1. The highest BCUT2D eigenvalue weighted by Gasteiger charge is 2.19. The third-order valence-corrected chi connectivity index (χ3v) is 4.88. The second-order valence-electron chi connectivity index (χ2n) is 6.23. The van der Waals surface area contributed by atoms with Gasteiger partial charge < -0.3 is 0 Å². The first-order valence-corrected chi connectivity index (χ1v) is 7.76. The molecule has 1 nitrogen and oxygen atoms in total. The van der Waals surface area contributed by atoms with Crippen LogP contribution < -0.4 is 10.4 Å². The van der Waals surface area contributed by atoms with Crippen LogP contribution in [-0.2, 0) is 17.6 Å². The van der Waals surface area contributed by atoms with Crippen molar-refractivity contribution in [1.29, 1.82) is 0 Å². The van der Waals surface area contributed by atoms with Crippen LogP contribution >= 0.6 is 0 Å². The first-order chi connectivity index (χ1) is 10.6. The summed E-state index contributed by atoms with van der Waals surface area (Å²) in [4.78, 5) is 11.7. The van der Waals surface area contributed by atoms with Crippen LogP contribution in [0.4, 0.5) is 4.39 Å². The summed E-state index contributed by atoms with van der Waals surface area (Å²) in [5.74, 6) is 0.0836. The molecule has 0 aliphatic heterocycles. The zero-order valence-corrected chi connectivity index (χ0v) is 12.5. The van der Waals surface area contributed by atoms with Gasteiger partial charge in [0.1, 0.15) is 11.6 Å². The van der Waals surface area contributed by atoms with Crippen LogP contribution in [0.2, 0.25) is 0 Å². The van der Waals surface area contributed by atoms with Crippen LogP contribution in [0.5, 0.6) is 0 Å². The summed E-state index contributed by atoms with van der Waals surface area (Å²) in [5.41, 5.74) is 4.62. The minimum atomic E-state index is -0.184. The smallest absolute Gasteiger partial charge is 0.136 e. The molecule has 0 aromatic heterocycles. The highest BCUT2D eigenvalue weighted by atomic mass is 19.1. The molecule has 0 heterocycles. The Morgan fingerprint density at radius 1 is 1.09 bits per heavy atom. The zero-order chi connectivity index (χ0) is 15.3. The van der Waals surface area contributed by atoms with Gasteiger partial charge >= 0.3 is 0 Å². The molecule has 2 aliphatic carbocycles. The molecule has 0 bridgehead atoms. The van der Waals surface area contributed by atoms with Crippen LogP contribution in [0, 0.1) is 11.7 Å². The highest BCUT2D eigenvalue weighted by molar-refractivity contribution is 5.85. The molecule has 0 spiro atoms. The number of halogens is 1. The lowest BCUT2D eigenvalue weighted by Crippen LogP contribution is -2.36. The average molecular weight is 292 g/mol. The lowest BCUT2D eigenvalue weighted by molar-refractivity contribution is -0.119. The van der Waals surface area contributed by atoms with E-state index in [1.165, 1.54) is 22.1 Å². The van der Waals surface area contributed by atoms with E-state index in [1.807, 2.05) is 6.07 Å². The molecular formula is C20H17FO. The summed E-state index contributed by atoms with van der Waals surface area (Å²) in [7, 11) is 0. The van der Waals surface area contributed by atoms with E-state index in [9.17, 15) is 9.18 Å². The summed E-state index contributed by atoms with van der Waals surface area (Å²) in [6.45, 7) is 1.67. The maximum Gasteiger partial charge on any atom is 0.136 e. The second kappa shape index (κ2) is 4.91. The van der Waals surface area contributed by atoms with Crippen molar-refractivity contribution < 1.29 is 9.18 Å². The summed E-state index contributed by atoms with van der Waals surface area (Å²) < 4.78 is 13.4. The van der Waals surface area contributed by atoms with Gasteiger partial charge in [-0.3, -0.25) is 4.79 Å². The van der Waals surface area contributed by atoms with E-state index in [1.54, 1.807) is 13.0 Å². The molecule has 0 amide bonds. The fourth-order valence-electron chi connectivity index (χ4n) is 3.67. The fraction of sp³-hybridized carbons (Fsp3) is 0.250. The van der Waals surface area contributed by atoms with Crippen LogP contribution in [0.3, 0.4) is 0 Å². The van der Waals surface area contributed by atoms with Crippen molar-refractivity contribution in [3.63, 3.8) is 0 Å². The van der Waals surface area contributed by atoms with E-state index in [4.69, 9.17) is 0 Å². The molecule has 0 saturated heterocycles. The quantitative estimate of drug-likeness (QED) is 0.790. The van der Waals surface area contributed by atoms with E-state index >= 15 is 0 Å². The van der Waals surface area contributed by atoms with Gasteiger partial charge in [0, 0.05) is 5.92 Å². The second-order valence-corrected chi connectivity index (χ2v) is 6.23. The largest absolute Gasteiger partial charge is 0.299 e. The number of benzene rings is 2. The summed E-state index contributed by atoms with van der Waals surface area (Å²) in [6, 6.07) is 9.32. The van der Waals surface area contributed by atoms with Gasteiger partial charge in [-0.2, -0.15) is 0 Å². The van der Waals surface area contributed by atoms with Gasteiger partial charge in [0.2, 0.25) is 0 Å². The number of hydrogen-bond donors (Lipinski definition) is 0. The number of Topliss-reactive ketones (excluding diaryl/α,β-unsaturated/α-hetero) is 1. The summed E-state index contributed by atoms with van der Waals surface area (Å²) in [6.07, 6.45) is 6.91. The average Bonchev–Trinajstić information content (AvgIpc) is 2.53. The van der Waals surface area contributed by atoms with E-state index < -0.39 is 0 Å². The number of carbonyl (C=O) groups excluding carboxylic acids is 1. The number of carbonyl (C=O) groups is 1. The number of aryl methyl sites for hydroxylation is 1. The van der Waals surface area contributed by atoms with Gasteiger partial charge in [0.15, 0.2) is 0 Å². The minimum absolute atomic E-state index is 0.0296. The molecule has 0 radical (unpaired) electrons. The lowest BCUT2D eigenvalue weighted by Gasteiger charge is -2.20. The first-order valence-electron chi connectivity index (χ1n) is 7.76. The zero-order valence-electron chi connectivity index (χ0n) is 12.5. The van der Waals surface area contributed by atoms with Crippen molar-refractivity contribution >= 4 is 17.9 Å². The molecule has 0 fully saturated rings. The molecule has 2 aromatic carbocycles. The fourth-order valence-corrected chi connectivity index (χ4v) is 3.67. The molecule has 0 N–H and O–H groups in total. The van der Waals surface area contributed by atoms with Crippen molar-refractivity contribution in [2.24, 2.45) is 5.92 Å². The van der Waals surface area contributed by atoms with E-state index in [0.29, 0.717) is 0 Å². The molecule has 0 saturated carbocycles. The molecule has 1 unspecified atom stereocenters.